The first-order chi connectivity index (χ1) is 8.69. The molecule has 1 aromatic carbocycles. The Hall–Kier alpha value is -1.65. The SMILES string of the molecule is COc1cc(CC(O)c2ccc(Cl)cc2)ncn1. The molecule has 0 aliphatic carbocycles. The van der Waals surface area contributed by atoms with E-state index in [1.54, 1.807) is 37.4 Å². The Bertz CT molecular complexity index is 517. The molecule has 4 nitrogen and oxygen atoms in total. The number of aliphatic hydroxyl groups excluding tert-OH is 1. The fraction of sp³-hybridized carbons (Fsp3) is 0.231. The van der Waals surface area contributed by atoms with Crippen LogP contribution in [0.1, 0.15) is 17.4 Å². The summed E-state index contributed by atoms with van der Waals surface area (Å²) in [5, 5.41) is 10.7. The summed E-state index contributed by atoms with van der Waals surface area (Å²) in [4.78, 5) is 8.01. The van der Waals surface area contributed by atoms with Crippen LogP contribution in [0, 0.1) is 0 Å². The molecule has 2 rings (SSSR count). The predicted molar refractivity (Wildman–Crippen MR) is 68.7 cm³/mol. The van der Waals surface area contributed by atoms with E-state index in [0.29, 0.717) is 17.3 Å². The van der Waals surface area contributed by atoms with Gasteiger partial charge in [0.15, 0.2) is 0 Å². The van der Waals surface area contributed by atoms with Crippen LogP contribution < -0.4 is 4.74 Å². The molecule has 0 spiro atoms. The first-order valence-electron chi connectivity index (χ1n) is 5.47. The van der Waals surface area contributed by atoms with E-state index in [9.17, 15) is 5.11 Å². The highest BCUT2D eigenvalue weighted by Crippen LogP contribution is 2.20. The Kier molecular flexibility index (Phi) is 4.12. The number of aromatic nitrogens is 2. The molecular weight excluding hydrogens is 252 g/mol. The zero-order valence-electron chi connectivity index (χ0n) is 9.88. The highest BCUT2D eigenvalue weighted by atomic mass is 35.5. The minimum Gasteiger partial charge on any atom is -0.481 e. The van der Waals surface area contributed by atoms with Crippen molar-refractivity contribution in [3.8, 4) is 5.88 Å². The van der Waals surface area contributed by atoms with Crippen molar-refractivity contribution in [1.29, 1.82) is 0 Å². The second-order valence-corrected chi connectivity index (χ2v) is 4.26. The monoisotopic (exact) mass is 264 g/mol. The summed E-state index contributed by atoms with van der Waals surface area (Å²) < 4.78 is 5.01. The number of methoxy groups -OCH3 is 1. The number of nitrogens with zero attached hydrogens (tertiary/aromatic N) is 2. The van der Waals surface area contributed by atoms with Crippen molar-refractivity contribution in [1.82, 2.24) is 9.97 Å². The van der Waals surface area contributed by atoms with Crippen molar-refractivity contribution in [2.24, 2.45) is 0 Å². The van der Waals surface area contributed by atoms with Gasteiger partial charge in [-0.05, 0) is 17.7 Å². The minimum atomic E-state index is -0.623. The highest BCUT2D eigenvalue weighted by molar-refractivity contribution is 6.30. The maximum absolute atomic E-state index is 10.1. The van der Waals surface area contributed by atoms with Gasteiger partial charge in [0.25, 0.3) is 0 Å². The van der Waals surface area contributed by atoms with Gasteiger partial charge in [-0.2, -0.15) is 0 Å². The third-order valence-electron chi connectivity index (χ3n) is 2.57. The van der Waals surface area contributed by atoms with Gasteiger partial charge in [-0.25, -0.2) is 9.97 Å². The molecule has 0 radical (unpaired) electrons. The average molecular weight is 265 g/mol. The average Bonchev–Trinajstić information content (AvgIpc) is 2.39. The van der Waals surface area contributed by atoms with Gasteiger partial charge in [0.05, 0.1) is 18.9 Å². The molecule has 5 heteroatoms. The summed E-state index contributed by atoms with van der Waals surface area (Å²) in [5.41, 5.74) is 1.53. The molecule has 0 amide bonds. The van der Waals surface area contributed by atoms with Crippen molar-refractivity contribution in [2.75, 3.05) is 7.11 Å². The van der Waals surface area contributed by atoms with Crippen LogP contribution in [-0.2, 0) is 6.42 Å². The minimum absolute atomic E-state index is 0.403. The number of hydrogen-bond donors (Lipinski definition) is 1. The molecule has 1 unspecified atom stereocenters. The molecule has 0 saturated heterocycles. The molecule has 1 heterocycles. The first-order valence-corrected chi connectivity index (χ1v) is 5.85. The van der Waals surface area contributed by atoms with Gasteiger partial charge >= 0.3 is 0 Å². The van der Waals surface area contributed by atoms with Gasteiger partial charge in [0.1, 0.15) is 6.33 Å². The number of benzene rings is 1. The van der Waals surface area contributed by atoms with Gasteiger partial charge in [-0.15, -0.1) is 0 Å². The summed E-state index contributed by atoms with van der Waals surface area (Å²) in [6.07, 6.45) is 1.20. The summed E-state index contributed by atoms with van der Waals surface area (Å²) in [6, 6.07) is 8.80. The Labute approximate surface area is 110 Å². The van der Waals surface area contributed by atoms with Gasteiger partial charge in [-0.1, -0.05) is 23.7 Å². The topological polar surface area (TPSA) is 55.2 Å². The van der Waals surface area contributed by atoms with Crippen molar-refractivity contribution in [3.05, 3.63) is 52.9 Å². The second-order valence-electron chi connectivity index (χ2n) is 3.82. The van der Waals surface area contributed by atoms with Gasteiger partial charge in [-0.3, -0.25) is 0 Å². The Morgan fingerprint density at radius 1 is 1.28 bits per heavy atom. The summed E-state index contributed by atoms with van der Waals surface area (Å²) in [5.74, 6) is 0.489. The van der Waals surface area contributed by atoms with Crippen LogP contribution in [-0.4, -0.2) is 22.2 Å². The van der Waals surface area contributed by atoms with Crippen LogP contribution in [0.15, 0.2) is 36.7 Å². The number of ether oxygens (including phenoxy) is 1. The molecule has 94 valence electrons. The molecule has 0 fully saturated rings. The van der Waals surface area contributed by atoms with E-state index in [4.69, 9.17) is 16.3 Å². The molecule has 1 atom stereocenters. The summed E-state index contributed by atoms with van der Waals surface area (Å²) in [7, 11) is 1.54. The standard InChI is InChI=1S/C13H13ClN2O2/c1-18-13-7-11(15-8-16-13)6-12(17)9-2-4-10(14)5-3-9/h2-5,7-8,12,17H,6H2,1H3. The molecule has 2 aromatic rings. The lowest BCUT2D eigenvalue weighted by atomic mass is 10.1. The van der Waals surface area contributed by atoms with Crippen LogP contribution in [0.3, 0.4) is 0 Å². The molecular formula is C13H13ClN2O2. The zero-order valence-corrected chi connectivity index (χ0v) is 10.6. The molecule has 0 bridgehead atoms. The van der Waals surface area contributed by atoms with E-state index in [2.05, 4.69) is 9.97 Å². The van der Waals surface area contributed by atoms with Crippen molar-refractivity contribution in [3.63, 3.8) is 0 Å². The quantitative estimate of drug-likeness (QED) is 0.921. The lowest BCUT2D eigenvalue weighted by Crippen LogP contribution is -2.04. The molecule has 0 saturated carbocycles. The Morgan fingerprint density at radius 3 is 2.67 bits per heavy atom. The maximum Gasteiger partial charge on any atom is 0.216 e. The van der Waals surface area contributed by atoms with Gasteiger partial charge in [0.2, 0.25) is 5.88 Å². The molecule has 1 N–H and O–H groups in total. The van der Waals surface area contributed by atoms with E-state index >= 15 is 0 Å². The number of aliphatic hydroxyl groups is 1. The van der Waals surface area contributed by atoms with Crippen LogP contribution in [0.4, 0.5) is 0 Å². The number of rotatable bonds is 4. The number of halogens is 1. The van der Waals surface area contributed by atoms with Crippen LogP contribution in [0.2, 0.25) is 5.02 Å². The molecule has 0 aliphatic heterocycles. The number of hydrogen-bond acceptors (Lipinski definition) is 4. The van der Waals surface area contributed by atoms with Crippen molar-refractivity contribution < 1.29 is 9.84 Å². The Balaban J connectivity index is 2.10. The lowest BCUT2D eigenvalue weighted by molar-refractivity contribution is 0.177. The molecule has 0 aliphatic rings. The lowest BCUT2D eigenvalue weighted by Gasteiger charge is -2.10. The van der Waals surface area contributed by atoms with E-state index < -0.39 is 6.10 Å². The third-order valence-corrected chi connectivity index (χ3v) is 2.82. The van der Waals surface area contributed by atoms with E-state index in [0.717, 1.165) is 11.3 Å². The largest absolute Gasteiger partial charge is 0.481 e. The van der Waals surface area contributed by atoms with Crippen LogP contribution >= 0.6 is 11.6 Å². The van der Waals surface area contributed by atoms with Crippen LogP contribution in [0.25, 0.3) is 0 Å². The maximum atomic E-state index is 10.1. The fourth-order valence-electron chi connectivity index (χ4n) is 1.60. The summed E-state index contributed by atoms with van der Waals surface area (Å²) >= 11 is 5.80. The predicted octanol–water partition coefficient (Wildman–Crippen LogP) is 2.41. The normalized spacial score (nSPS) is 12.2. The van der Waals surface area contributed by atoms with Crippen molar-refractivity contribution in [2.45, 2.75) is 12.5 Å². The summed E-state index contributed by atoms with van der Waals surface area (Å²) in [6.45, 7) is 0. The van der Waals surface area contributed by atoms with Gasteiger partial charge < -0.3 is 9.84 Å². The van der Waals surface area contributed by atoms with Crippen molar-refractivity contribution >= 4 is 11.6 Å². The van der Waals surface area contributed by atoms with E-state index in [1.165, 1.54) is 6.33 Å². The smallest absolute Gasteiger partial charge is 0.216 e. The molecule has 1 aromatic heterocycles. The second kappa shape index (κ2) is 5.80. The van der Waals surface area contributed by atoms with E-state index in [-0.39, 0.29) is 0 Å². The Morgan fingerprint density at radius 2 is 2.00 bits per heavy atom. The first kappa shape index (κ1) is 12.8. The molecule has 18 heavy (non-hydrogen) atoms. The van der Waals surface area contributed by atoms with Gasteiger partial charge in [0, 0.05) is 17.5 Å². The van der Waals surface area contributed by atoms with E-state index in [1.807, 2.05) is 0 Å². The van der Waals surface area contributed by atoms with Crippen LogP contribution in [0.5, 0.6) is 5.88 Å². The fourth-order valence-corrected chi connectivity index (χ4v) is 1.73. The highest BCUT2D eigenvalue weighted by Gasteiger charge is 2.10. The zero-order chi connectivity index (χ0) is 13.0. The third kappa shape index (κ3) is 3.18.